The van der Waals surface area contributed by atoms with E-state index in [1.54, 1.807) is 55.6 Å². The number of ether oxygens (including phenoxy) is 1. The molecule has 40 heavy (non-hydrogen) atoms. The number of thioether (sulfide) groups is 1. The van der Waals surface area contributed by atoms with Crippen LogP contribution in [0.1, 0.15) is 16.4 Å². The summed E-state index contributed by atoms with van der Waals surface area (Å²) < 4.78 is 7.56. The van der Waals surface area contributed by atoms with Crippen LogP contribution in [0.3, 0.4) is 0 Å². The number of fused-ring (bicyclic) bond motifs is 2. The molecule has 4 aromatic rings. The number of methoxy groups -OCH3 is 1. The summed E-state index contributed by atoms with van der Waals surface area (Å²) in [6.45, 7) is -0.210. The van der Waals surface area contributed by atoms with Crippen LogP contribution in [0.15, 0.2) is 93.2 Å². The predicted molar refractivity (Wildman–Crippen MR) is 158 cm³/mol. The number of thiazole rings is 1. The number of aromatic nitrogens is 1. The topological polar surface area (TPSA) is 97.7 Å². The lowest BCUT2D eigenvalue weighted by molar-refractivity contribution is -0.122. The highest BCUT2D eigenvalue weighted by atomic mass is 79.9. The number of rotatable bonds is 6. The summed E-state index contributed by atoms with van der Waals surface area (Å²) in [7, 11) is 1.57. The van der Waals surface area contributed by atoms with Crippen LogP contribution in [0, 0.1) is 5.92 Å². The number of para-hydroxylation sites is 1. The first-order valence-electron chi connectivity index (χ1n) is 12.4. The molecule has 2 unspecified atom stereocenters. The van der Waals surface area contributed by atoms with Crippen molar-refractivity contribution in [3.8, 4) is 5.75 Å². The van der Waals surface area contributed by atoms with Crippen LogP contribution in [0.25, 0.3) is 0 Å². The molecule has 1 aromatic heterocycles. The van der Waals surface area contributed by atoms with Gasteiger partial charge in [-0.2, -0.15) is 0 Å². The molecule has 3 heterocycles. The number of amides is 3. The number of nitrogens with one attached hydrogen (secondary N) is 1. The Labute approximate surface area is 246 Å². The summed E-state index contributed by atoms with van der Waals surface area (Å²) in [6.07, 6.45) is 0. The molecule has 2 aliphatic rings. The molecule has 6 rings (SSSR count). The Kier molecular flexibility index (Phi) is 7.11. The number of nitrogens with zero attached hydrogens (tertiary/aromatic N) is 2. The quantitative estimate of drug-likeness (QED) is 0.296. The van der Waals surface area contributed by atoms with Gasteiger partial charge in [0.2, 0.25) is 17.7 Å². The van der Waals surface area contributed by atoms with Crippen molar-refractivity contribution in [2.45, 2.75) is 22.7 Å². The van der Waals surface area contributed by atoms with E-state index in [1.807, 2.05) is 30.3 Å². The number of halogens is 1. The summed E-state index contributed by atoms with van der Waals surface area (Å²) in [5.41, 5.74) is 1.90. The second-order valence-electron chi connectivity index (χ2n) is 9.34. The first kappa shape index (κ1) is 26.5. The summed E-state index contributed by atoms with van der Waals surface area (Å²) in [5, 5.41) is 2.60. The molecule has 0 aliphatic carbocycles. The minimum absolute atomic E-state index is 0.210. The minimum atomic E-state index is -0.756. The predicted octanol–water partition coefficient (Wildman–Crippen LogP) is 5.12. The van der Waals surface area contributed by atoms with Crippen molar-refractivity contribution in [2.75, 3.05) is 17.3 Å². The second kappa shape index (κ2) is 10.7. The maximum atomic E-state index is 13.9. The third kappa shape index (κ3) is 4.67. The maximum Gasteiger partial charge on any atom is 0.308 e. The van der Waals surface area contributed by atoms with Gasteiger partial charge in [0.15, 0.2) is 0 Å². The van der Waals surface area contributed by atoms with E-state index < -0.39 is 17.1 Å². The van der Waals surface area contributed by atoms with Gasteiger partial charge in [-0.1, -0.05) is 69.4 Å². The van der Waals surface area contributed by atoms with Crippen molar-refractivity contribution < 1.29 is 19.1 Å². The Morgan fingerprint density at radius 2 is 1.65 bits per heavy atom. The summed E-state index contributed by atoms with van der Waals surface area (Å²) >= 11 is 5.61. The normalized spacial score (nSPS) is 19.8. The van der Waals surface area contributed by atoms with Crippen LogP contribution in [0.5, 0.6) is 5.75 Å². The van der Waals surface area contributed by atoms with Crippen LogP contribution >= 0.6 is 39.0 Å². The molecule has 2 aliphatic heterocycles. The zero-order valence-electron chi connectivity index (χ0n) is 21.1. The average molecular weight is 637 g/mol. The molecule has 1 fully saturated rings. The van der Waals surface area contributed by atoms with Crippen LogP contribution in [0.2, 0.25) is 0 Å². The van der Waals surface area contributed by atoms with Crippen molar-refractivity contribution in [3.05, 3.63) is 103 Å². The minimum Gasteiger partial charge on any atom is -0.497 e. The number of hydrogen-bond acceptors (Lipinski definition) is 7. The summed E-state index contributed by atoms with van der Waals surface area (Å²) in [6, 6.07) is 23.3. The number of imide groups is 1. The Balaban J connectivity index is 1.42. The lowest BCUT2D eigenvalue weighted by atomic mass is 9.83. The standard InChI is InChI=1S/C29H22BrN3O5S2/c1-38-20-13-7-16(8-14-20)22-23-24(27(36)33(26(23)35)19-11-9-17(30)10-12-19)39-28-25(22)40-29(37)32(28)15-21(34)31-18-5-3-2-4-6-18/h2-14,22-24H,15H2,1H3,(H,31,34)/t22-,23?,24?/m0/s1. The molecular formula is C29H22BrN3O5S2. The van der Waals surface area contributed by atoms with Crippen LogP contribution in [-0.4, -0.2) is 34.6 Å². The van der Waals surface area contributed by atoms with Crippen molar-refractivity contribution in [2.24, 2.45) is 5.92 Å². The van der Waals surface area contributed by atoms with E-state index in [0.29, 0.717) is 27.0 Å². The molecule has 0 radical (unpaired) electrons. The number of carbonyl (C=O) groups is 3. The lowest BCUT2D eigenvalue weighted by Crippen LogP contribution is -2.33. The fraction of sp³-hybridized carbons (Fsp3) is 0.172. The highest BCUT2D eigenvalue weighted by Gasteiger charge is 2.56. The van der Waals surface area contributed by atoms with Gasteiger partial charge in [0.25, 0.3) is 0 Å². The Morgan fingerprint density at radius 1 is 0.950 bits per heavy atom. The smallest absolute Gasteiger partial charge is 0.308 e. The van der Waals surface area contributed by atoms with Crippen molar-refractivity contribution in [1.29, 1.82) is 0 Å². The largest absolute Gasteiger partial charge is 0.497 e. The van der Waals surface area contributed by atoms with Crippen LogP contribution in [-0.2, 0) is 20.9 Å². The lowest BCUT2D eigenvalue weighted by Gasteiger charge is -2.30. The first-order chi connectivity index (χ1) is 19.4. The van der Waals surface area contributed by atoms with Gasteiger partial charge in [0.05, 0.1) is 23.7 Å². The van der Waals surface area contributed by atoms with Gasteiger partial charge in [0, 0.05) is 21.0 Å². The highest BCUT2D eigenvalue weighted by Crippen LogP contribution is 2.54. The monoisotopic (exact) mass is 635 g/mol. The SMILES string of the molecule is COc1ccc([C@@H]2c3sc(=O)n(CC(=O)Nc4ccccc4)c3SC3C(=O)N(c4ccc(Br)cc4)C(=O)C32)cc1. The second-order valence-corrected chi connectivity index (χ2v) is 12.4. The molecule has 1 saturated heterocycles. The Hall–Kier alpha value is -3.67. The molecule has 1 N–H and O–H groups in total. The molecule has 8 nitrogen and oxygen atoms in total. The van der Waals surface area contributed by atoms with E-state index in [4.69, 9.17) is 4.74 Å². The van der Waals surface area contributed by atoms with Gasteiger partial charge in [-0.25, -0.2) is 4.90 Å². The van der Waals surface area contributed by atoms with Crippen LogP contribution in [0.4, 0.5) is 11.4 Å². The zero-order valence-corrected chi connectivity index (χ0v) is 24.3. The fourth-order valence-corrected chi connectivity index (χ4v) is 8.17. The van der Waals surface area contributed by atoms with E-state index in [0.717, 1.165) is 21.4 Å². The van der Waals surface area contributed by atoms with Crippen LogP contribution < -0.4 is 19.8 Å². The number of carbonyl (C=O) groups excluding carboxylic acids is 3. The molecular weight excluding hydrogens is 614 g/mol. The third-order valence-corrected chi connectivity index (χ3v) is 10.1. The van der Waals surface area contributed by atoms with E-state index in [1.165, 1.54) is 21.2 Å². The van der Waals surface area contributed by atoms with Gasteiger partial charge in [-0.15, -0.1) is 0 Å². The van der Waals surface area contributed by atoms with E-state index in [2.05, 4.69) is 21.2 Å². The zero-order chi connectivity index (χ0) is 28.0. The molecule has 3 aromatic carbocycles. The average Bonchev–Trinajstić information content (AvgIpc) is 3.40. The third-order valence-electron chi connectivity index (χ3n) is 6.97. The molecule has 3 amide bonds. The highest BCUT2D eigenvalue weighted by molar-refractivity contribution is 9.10. The molecule has 202 valence electrons. The van der Waals surface area contributed by atoms with Gasteiger partial charge in [0.1, 0.15) is 17.5 Å². The summed E-state index contributed by atoms with van der Waals surface area (Å²) in [5.74, 6) is -1.62. The van der Waals surface area contributed by atoms with Gasteiger partial charge >= 0.3 is 4.87 Å². The fourth-order valence-electron chi connectivity index (χ4n) is 5.14. The summed E-state index contributed by atoms with van der Waals surface area (Å²) in [4.78, 5) is 55.5. The van der Waals surface area contributed by atoms with Gasteiger partial charge < -0.3 is 10.1 Å². The molecule has 0 saturated carbocycles. The first-order valence-corrected chi connectivity index (χ1v) is 14.9. The van der Waals surface area contributed by atoms with Gasteiger partial charge in [-0.3, -0.25) is 23.7 Å². The van der Waals surface area contributed by atoms with Gasteiger partial charge in [-0.05, 0) is 54.1 Å². The van der Waals surface area contributed by atoms with Crippen molar-refractivity contribution in [1.82, 2.24) is 4.57 Å². The van der Waals surface area contributed by atoms with E-state index in [-0.39, 0.29) is 29.1 Å². The maximum absolute atomic E-state index is 13.9. The van der Waals surface area contributed by atoms with E-state index in [9.17, 15) is 19.2 Å². The molecule has 3 atom stereocenters. The van der Waals surface area contributed by atoms with Crippen molar-refractivity contribution >= 4 is 68.1 Å². The number of benzene rings is 3. The number of hydrogen-bond donors (Lipinski definition) is 1. The Bertz CT molecular complexity index is 1670. The molecule has 0 bridgehead atoms. The molecule has 0 spiro atoms. The van der Waals surface area contributed by atoms with Crippen molar-refractivity contribution in [3.63, 3.8) is 0 Å². The van der Waals surface area contributed by atoms with E-state index >= 15 is 0 Å². The number of anilines is 2. The Morgan fingerprint density at radius 3 is 2.33 bits per heavy atom. The molecule has 11 heteroatoms.